The van der Waals surface area contributed by atoms with Gasteiger partial charge in [-0.25, -0.2) is 0 Å². The van der Waals surface area contributed by atoms with Gasteiger partial charge in [0.05, 0.1) is 0 Å². The molecule has 2 rings (SSSR count). The average molecular weight is 211 g/mol. The molecule has 3 nitrogen and oxygen atoms in total. The minimum Gasteiger partial charge on any atom is -0.351 e. The van der Waals surface area contributed by atoms with E-state index in [2.05, 4.69) is 5.32 Å². The summed E-state index contributed by atoms with van der Waals surface area (Å²) in [6, 6.07) is 5.36. The van der Waals surface area contributed by atoms with Crippen LogP contribution in [0.1, 0.15) is 21.8 Å². The number of nitrogens with two attached hydrogens (primary N) is 1. The highest BCUT2D eigenvalue weighted by Crippen LogP contribution is 2.25. The quantitative estimate of drug-likeness (QED) is 0.730. The minimum atomic E-state index is -0.0628. The zero-order valence-corrected chi connectivity index (χ0v) is 8.34. The van der Waals surface area contributed by atoms with Crippen molar-refractivity contribution in [2.24, 2.45) is 5.73 Å². The summed E-state index contributed by atoms with van der Waals surface area (Å²) in [7, 11) is 0. The largest absolute Gasteiger partial charge is 0.351 e. The first-order valence-electron chi connectivity index (χ1n) is 4.50. The molecule has 0 bridgehead atoms. The molecule has 1 aliphatic heterocycles. The monoisotopic (exact) mass is 210 g/mol. The Morgan fingerprint density at radius 1 is 1.57 bits per heavy atom. The molecule has 0 fully saturated rings. The predicted molar refractivity (Wildman–Crippen MR) is 55.6 cm³/mol. The molecule has 1 aromatic carbocycles. The third-order valence-electron chi connectivity index (χ3n) is 2.49. The number of halogens is 1. The fraction of sp³-hybridized carbons (Fsp3) is 0.300. The molecule has 4 heteroatoms. The van der Waals surface area contributed by atoms with Crippen LogP contribution in [0.4, 0.5) is 0 Å². The molecule has 14 heavy (non-hydrogen) atoms. The molecule has 1 heterocycles. The maximum absolute atomic E-state index is 11.5. The van der Waals surface area contributed by atoms with E-state index < -0.39 is 0 Å². The molecule has 0 saturated carbocycles. The van der Waals surface area contributed by atoms with E-state index in [-0.39, 0.29) is 11.8 Å². The molecule has 1 aliphatic rings. The summed E-state index contributed by atoms with van der Waals surface area (Å²) < 4.78 is 0. The van der Waals surface area contributed by atoms with E-state index in [4.69, 9.17) is 17.3 Å². The normalized spacial score (nSPS) is 20.1. The second kappa shape index (κ2) is 3.59. The number of hydrogen-bond acceptors (Lipinski definition) is 2. The number of hydrogen-bond donors (Lipinski definition) is 2. The maximum atomic E-state index is 11.5. The molecule has 1 amide bonds. The molecule has 0 saturated heterocycles. The third kappa shape index (κ3) is 1.49. The van der Waals surface area contributed by atoms with Gasteiger partial charge in [-0.05, 0) is 17.7 Å². The van der Waals surface area contributed by atoms with E-state index in [1.165, 1.54) is 0 Å². The second-order valence-electron chi connectivity index (χ2n) is 3.37. The highest BCUT2D eigenvalue weighted by molar-refractivity contribution is 6.31. The molecule has 74 valence electrons. The lowest BCUT2D eigenvalue weighted by Gasteiger charge is -2.24. The molecule has 0 spiro atoms. The van der Waals surface area contributed by atoms with Gasteiger partial charge in [-0.1, -0.05) is 17.7 Å². The van der Waals surface area contributed by atoms with Crippen LogP contribution in [0.25, 0.3) is 0 Å². The van der Waals surface area contributed by atoms with Gasteiger partial charge in [0, 0.05) is 29.6 Å². The summed E-state index contributed by atoms with van der Waals surface area (Å²) in [4.78, 5) is 11.5. The van der Waals surface area contributed by atoms with Crippen molar-refractivity contribution in [3.63, 3.8) is 0 Å². The molecule has 0 aromatic heterocycles. The molecule has 0 aliphatic carbocycles. The van der Waals surface area contributed by atoms with Gasteiger partial charge < -0.3 is 11.1 Å². The van der Waals surface area contributed by atoms with Crippen LogP contribution in [-0.2, 0) is 0 Å². The number of amides is 1. The third-order valence-corrected chi connectivity index (χ3v) is 2.73. The first-order valence-corrected chi connectivity index (χ1v) is 4.88. The summed E-state index contributed by atoms with van der Waals surface area (Å²) in [5, 5.41) is 3.37. The summed E-state index contributed by atoms with van der Waals surface area (Å²) >= 11 is 5.82. The minimum absolute atomic E-state index is 0.0628. The highest BCUT2D eigenvalue weighted by atomic mass is 35.5. The fourth-order valence-electron chi connectivity index (χ4n) is 1.71. The molecule has 1 atom stereocenters. The Kier molecular flexibility index (Phi) is 2.44. The number of benzene rings is 1. The zero-order chi connectivity index (χ0) is 10.1. The van der Waals surface area contributed by atoms with Crippen LogP contribution in [0, 0.1) is 0 Å². The van der Waals surface area contributed by atoms with E-state index >= 15 is 0 Å². The van der Waals surface area contributed by atoms with Crippen LogP contribution >= 0.6 is 11.6 Å². The summed E-state index contributed by atoms with van der Waals surface area (Å²) in [6.07, 6.45) is 0. The summed E-state index contributed by atoms with van der Waals surface area (Å²) in [6.45, 7) is 1.15. The fourth-order valence-corrected chi connectivity index (χ4v) is 1.88. The smallest absolute Gasteiger partial charge is 0.251 e. The SMILES string of the molecule is NCC1CNC(=O)c2cc(Cl)ccc21. The summed E-state index contributed by atoms with van der Waals surface area (Å²) in [5.41, 5.74) is 7.27. The maximum Gasteiger partial charge on any atom is 0.251 e. The van der Waals surface area contributed by atoms with Crippen molar-refractivity contribution in [3.05, 3.63) is 34.3 Å². The van der Waals surface area contributed by atoms with Crippen molar-refractivity contribution in [2.75, 3.05) is 13.1 Å². The van der Waals surface area contributed by atoms with Crippen molar-refractivity contribution in [1.82, 2.24) is 5.32 Å². The van der Waals surface area contributed by atoms with Gasteiger partial charge in [0.2, 0.25) is 0 Å². The first kappa shape index (κ1) is 9.49. The highest BCUT2D eigenvalue weighted by Gasteiger charge is 2.23. The van der Waals surface area contributed by atoms with Gasteiger partial charge in [0.15, 0.2) is 0 Å². The van der Waals surface area contributed by atoms with Crippen molar-refractivity contribution in [1.29, 1.82) is 0 Å². The van der Waals surface area contributed by atoms with Crippen LogP contribution < -0.4 is 11.1 Å². The number of nitrogens with one attached hydrogen (secondary N) is 1. The average Bonchev–Trinajstić information content (AvgIpc) is 2.19. The van der Waals surface area contributed by atoms with E-state index in [1.54, 1.807) is 12.1 Å². The Balaban J connectivity index is 2.51. The van der Waals surface area contributed by atoms with Gasteiger partial charge in [-0.2, -0.15) is 0 Å². The lowest BCUT2D eigenvalue weighted by Crippen LogP contribution is -2.37. The van der Waals surface area contributed by atoms with Crippen LogP contribution in [0.5, 0.6) is 0 Å². The molecule has 3 N–H and O–H groups in total. The standard InChI is InChI=1S/C10H11ClN2O/c11-7-1-2-8-6(4-12)5-13-10(14)9(8)3-7/h1-3,6H,4-5,12H2,(H,13,14). The first-order chi connectivity index (χ1) is 6.72. The lowest BCUT2D eigenvalue weighted by atomic mass is 9.90. The second-order valence-corrected chi connectivity index (χ2v) is 3.81. The Hall–Kier alpha value is -1.06. The van der Waals surface area contributed by atoms with E-state index in [0.717, 1.165) is 5.56 Å². The molecular formula is C10H11ClN2O. The van der Waals surface area contributed by atoms with Gasteiger partial charge >= 0.3 is 0 Å². The van der Waals surface area contributed by atoms with Crippen LogP contribution in [0.2, 0.25) is 5.02 Å². The number of carbonyl (C=O) groups is 1. The van der Waals surface area contributed by atoms with Gasteiger partial charge in [-0.3, -0.25) is 4.79 Å². The molecular weight excluding hydrogens is 200 g/mol. The van der Waals surface area contributed by atoms with Crippen molar-refractivity contribution < 1.29 is 4.79 Å². The van der Waals surface area contributed by atoms with Crippen LogP contribution in [0.3, 0.4) is 0 Å². The molecule has 1 aromatic rings. The van der Waals surface area contributed by atoms with E-state index in [9.17, 15) is 4.79 Å². The number of fused-ring (bicyclic) bond motifs is 1. The van der Waals surface area contributed by atoms with Gasteiger partial charge in [0.1, 0.15) is 0 Å². The molecule has 0 radical (unpaired) electrons. The number of carbonyl (C=O) groups excluding carboxylic acids is 1. The Morgan fingerprint density at radius 2 is 2.36 bits per heavy atom. The Labute approximate surface area is 87.2 Å². The Morgan fingerprint density at radius 3 is 3.07 bits per heavy atom. The summed E-state index contributed by atoms with van der Waals surface area (Å²) in [5.74, 6) is 0.146. The number of rotatable bonds is 1. The van der Waals surface area contributed by atoms with Gasteiger partial charge in [-0.15, -0.1) is 0 Å². The van der Waals surface area contributed by atoms with Crippen molar-refractivity contribution in [3.8, 4) is 0 Å². The predicted octanol–water partition coefficient (Wildman–Crippen LogP) is 1.13. The van der Waals surface area contributed by atoms with E-state index in [1.807, 2.05) is 6.07 Å². The Bertz CT molecular complexity index is 378. The zero-order valence-electron chi connectivity index (χ0n) is 7.59. The van der Waals surface area contributed by atoms with Crippen LogP contribution in [0.15, 0.2) is 18.2 Å². The lowest BCUT2D eigenvalue weighted by molar-refractivity contribution is 0.0940. The van der Waals surface area contributed by atoms with Crippen molar-refractivity contribution in [2.45, 2.75) is 5.92 Å². The van der Waals surface area contributed by atoms with Crippen LogP contribution in [-0.4, -0.2) is 19.0 Å². The molecule has 1 unspecified atom stereocenters. The van der Waals surface area contributed by atoms with E-state index in [0.29, 0.717) is 23.7 Å². The topological polar surface area (TPSA) is 55.1 Å². The van der Waals surface area contributed by atoms with Crippen molar-refractivity contribution >= 4 is 17.5 Å². The van der Waals surface area contributed by atoms with Gasteiger partial charge in [0.25, 0.3) is 5.91 Å².